The van der Waals surface area contributed by atoms with Crippen molar-refractivity contribution >= 4 is 66.6 Å². The monoisotopic (exact) mass is 718 g/mol. The number of aromatic nitrogens is 2. The van der Waals surface area contributed by atoms with Crippen molar-refractivity contribution < 1.29 is 0 Å². The predicted octanol–water partition coefficient (Wildman–Crippen LogP) is 11.3. The van der Waals surface area contributed by atoms with E-state index in [1.54, 1.807) is 0 Å². The summed E-state index contributed by atoms with van der Waals surface area (Å²) < 4.78 is 5.42. The normalized spacial score (nSPS) is 15.8. The Morgan fingerprint density at radius 1 is 0.554 bits per heavy atom. The van der Waals surface area contributed by atoms with E-state index in [4.69, 9.17) is 0 Å². The van der Waals surface area contributed by atoms with Gasteiger partial charge in [-0.05, 0) is 140 Å². The highest BCUT2D eigenvalue weighted by atomic mass is 15.1. The first-order chi connectivity index (χ1) is 27.4. The smallest absolute Gasteiger partial charge is 0.253 e. The first kappa shape index (κ1) is 31.4. The van der Waals surface area contributed by atoms with Crippen molar-refractivity contribution in [3.63, 3.8) is 0 Å². The van der Waals surface area contributed by atoms with E-state index in [1.807, 2.05) is 0 Å². The molecule has 2 atom stereocenters. The zero-order chi connectivity index (χ0) is 37.5. The molecule has 1 spiro atoms. The molecule has 268 valence electrons. The van der Waals surface area contributed by atoms with Gasteiger partial charge in [-0.1, -0.05) is 119 Å². The third kappa shape index (κ3) is 3.31. The van der Waals surface area contributed by atoms with Crippen LogP contribution < -0.4 is 16.4 Å². The maximum Gasteiger partial charge on any atom is 0.253 e. The minimum absolute atomic E-state index is 0.0950. The van der Waals surface area contributed by atoms with E-state index in [-0.39, 0.29) is 6.71 Å². The number of fused-ring (bicyclic) bond motifs is 13. The first-order valence-electron chi connectivity index (χ1n) is 20.9. The topological polar surface area (TPSA) is 9.86 Å². The van der Waals surface area contributed by atoms with Crippen molar-refractivity contribution in [2.75, 3.05) is 0 Å². The van der Waals surface area contributed by atoms with E-state index >= 15 is 0 Å². The van der Waals surface area contributed by atoms with Crippen LogP contribution in [0, 0.1) is 13.8 Å². The lowest BCUT2D eigenvalue weighted by molar-refractivity contribution is 0.717. The molecule has 7 aromatic carbocycles. The number of hydrogen-bond acceptors (Lipinski definition) is 0. The zero-order valence-corrected chi connectivity index (χ0v) is 33.0. The zero-order valence-electron chi connectivity index (χ0n) is 33.0. The lowest BCUT2D eigenvalue weighted by Crippen LogP contribution is -2.60. The molecule has 3 heteroatoms. The average Bonchev–Trinajstić information content (AvgIpc) is 3.82. The Morgan fingerprint density at radius 3 is 1.91 bits per heavy atom. The number of nitrogens with zero attached hydrogens (tertiary/aromatic N) is 2. The van der Waals surface area contributed by atoms with Crippen molar-refractivity contribution in [1.82, 2.24) is 9.13 Å². The van der Waals surface area contributed by atoms with Gasteiger partial charge in [-0.3, -0.25) is 0 Å². The van der Waals surface area contributed by atoms with Crippen molar-refractivity contribution in [3.05, 3.63) is 160 Å². The average molecular weight is 719 g/mol. The van der Waals surface area contributed by atoms with Crippen LogP contribution in [-0.2, 0) is 5.41 Å². The molecule has 0 N–H and O–H groups in total. The summed E-state index contributed by atoms with van der Waals surface area (Å²) in [5.41, 5.74) is 25.0. The largest absolute Gasteiger partial charge is 0.315 e. The lowest BCUT2D eigenvalue weighted by atomic mass is 9.33. The number of benzene rings is 7. The Morgan fingerprint density at radius 2 is 1.20 bits per heavy atom. The standard InChI is InChI=1S/C53H43BN2/c1-7-28(3)33-24-39-40-25-34(29(4)8-2)27-45-50(40)56-49(39)44(26-33)53(41-19-13-11-17-36(41)37-18-12-14-20-42(37)53)43-21-22-46-48(52(43)56)54(45)47-35-16-10-9-15-32(35)23-38-30(5)31(6)55(46)51(38)47/h9-29H,7-8H2,1-6H3. The van der Waals surface area contributed by atoms with Crippen LogP contribution in [0.25, 0.3) is 66.0 Å². The molecule has 3 aliphatic heterocycles. The van der Waals surface area contributed by atoms with E-state index < -0.39 is 5.41 Å². The number of aryl methyl sites for hydroxylation is 1. The van der Waals surface area contributed by atoms with Gasteiger partial charge in [0.05, 0.1) is 10.9 Å². The fourth-order valence-corrected chi connectivity index (χ4v) is 12.2. The van der Waals surface area contributed by atoms with Crippen molar-refractivity contribution in [3.8, 4) is 22.5 Å². The van der Waals surface area contributed by atoms with E-state index in [2.05, 4.69) is 166 Å². The summed E-state index contributed by atoms with van der Waals surface area (Å²) in [5, 5.41) is 6.93. The van der Waals surface area contributed by atoms with Gasteiger partial charge in [0.2, 0.25) is 0 Å². The van der Waals surface area contributed by atoms with Crippen LogP contribution in [0.3, 0.4) is 0 Å². The third-order valence-electron chi connectivity index (χ3n) is 15.3. The molecule has 0 amide bonds. The van der Waals surface area contributed by atoms with Gasteiger partial charge in [0.25, 0.3) is 6.71 Å². The van der Waals surface area contributed by atoms with Crippen LogP contribution in [0.2, 0.25) is 0 Å². The number of hydrogen-bond donors (Lipinski definition) is 0. The molecule has 0 saturated heterocycles. The van der Waals surface area contributed by atoms with E-state index in [1.165, 1.54) is 127 Å². The second-order valence-electron chi connectivity index (χ2n) is 17.5. The van der Waals surface area contributed by atoms with Crippen molar-refractivity contribution in [1.29, 1.82) is 0 Å². The van der Waals surface area contributed by atoms with Crippen molar-refractivity contribution in [2.45, 2.75) is 71.6 Å². The molecule has 4 aliphatic rings. The first-order valence-corrected chi connectivity index (χ1v) is 20.9. The molecule has 13 rings (SSSR count). The van der Waals surface area contributed by atoms with Crippen LogP contribution in [-0.4, -0.2) is 15.8 Å². The summed E-state index contributed by atoms with van der Waals surface area (Å²) in [4.78, 5) is 0. The highest BCUT2D eigenvalue weighted by Gasteiger charge is 2.54. The summed E-state index contributed by atoms with van der Waals surface area (Å²) >= 11 is 0. The van der Waals surface area contributed by atoms with Gasteiger partial charge in [0.1, 0.15) is 0 Å². The fraction of sp³-hybridized carbons (Fsp3) is 0.208. The molecular formula is C53H43BN2. The second kappa shape index (κ2) is 10.3. The summed E-state index contributed by atoms with van der Waals surface area (Å²) in [6, 6.07) is 45.8. The van der Waals surface area contributed by atoms with E-state index in [0.29, 0.717) is 11.8 Å². The van der Waals surface area contributed by atoms with Crippen LogP contribution in [0.15, 0.2) is 115 Å². The van der Waals surface area contributed by atoms with Crippen LogP contribution in [0.4, 0.5) is 0 Å². The Kier molecular flexibility index (Phi) is 5.79. The molecule has 1 aliphatic carbocycles. The summed E-state index contributed by atoms with van der Waals surface area (Å²) in [6.45, 7) is 14.3. The van der Waals surface area contributed by atoms with Gasteiger partial charge in [-0.15, -0.1) is 0 Å². The van der Waals surface area contributed by atoms with Crippen molar-refractivity contribution in [2.24, 2.45) is 0 Å². The van der Waals surface area contributed by atoms with Crippen LogP contribution >= 0.6 is 0 Å². The minimum Gasteiger partial charge on any atom is -0.315 e. The molecular weight excluding hydrogens is 675 g/mol. The predicted molar refractivity (Wildman–Crippen MR) is 238 cm³/mol. The summed E-state index contributed by atoms with van der Waals surface area (Å²) in [7, 11) is 0. The molecule has 9 aromatic rings. The quantitative estimate of drug-likeness (QED) is 0.160. The van der Waals surface area contributed by atoms with Gasteiger partial charge >= 0.3 is 0 Å². The molecule has 56 heavy (non-hydrogen) atoms. The van der Waals surface area contributed by atoms with Gasteiger partial charge in [0, 0.05) is 44.3 Å². The SMILES string of the molecule is CCC(C)c1cc2c3c(c1)c1cc(C(C)CC)cc4c1n3-c1c(ccc3c1B2c1c2ccccc2cc2c(C)c(C)n-3c12)C41c2ccccc2-c2ccccc21. The van der Waals surface area contributed by atoms with Gasteiger partial charge in [-0.25, -0.2) is 0 Å². The third-order valence-corrected chi connectivity index (χ3v) is 15.3. The Bertz CT molecular complexity index is 3250. The molecule has 2 aromatic heterocycles. The van der Waals surface area contributed by atoms with E-state index in [0.717, 1.165) is 12.8 Å². The van der Waals surface area contributed by atoms with Gasteiger partial charge in [-0.2, -0.15) is 0 Å². The van der Waals surface area contributed by atoms with Crippen LogP contribution in [0.1, 0.15) is 97.0 Å². The molecule has 2 unspecified atom stereocenters. The fourth-order valence-electron chi connectivity index (χ4n) is 12.2. The van der Waals surface area contributed by atoms with Gasteiger partial charge < -0.3 is 9.13 Å². The molecule has 0 bridgehead atoms. The Labute approximate surface area is 328 Å². The molecule has 0 fully saturated rings. The molecule has 0 radical (unpaired) electrons. The molecule has 5 heterocycles. The Hall–Kier alpha value is -5.80. The molecule has 2 nitrogen and oxygen atoms in total. The lowest BCUT2D eigenvalue weighted by Gasteiger charge is -2.44. The van der Waals surface area contributed by atoms with Crippen LogP contribution in [0.5, 0.6) is 0 Å². The maximum absolute atomic E-state index is 2.77. The Balaban J connectivity index is 1.34. The molecule has 0 saturated carbocycles. The summed E-state index contributed by atoms with van der Waals surface area (Å²) in [5.74, 6) is 0.892. The minimum atomic E-state index is -0.457. The summed E-state index contributed by atoms with van der Waals surface area (Å²) in [6.07, 6.45) is 2.22. The maximum atomic E-state index is 2.77. The van der Waals surface area contributed by atoms with Gasteiger partial charge in [0.15, 0.2) is 0 Å². The highest BCUT2D eigenvalue weighted by molar-refractivity contribution is 7.01. The van der Waals surface area contributed by atoms with E-state index in [9.17, 15) is 0 Å². The number of rotatable bonds is 4. The second-order valence-corrected chi connectivity index (χ2v) is 17.5. The highest BCUT2D eigenvalue weighted by Crippen LogP contribution is 2.62.